The molecule has 0 unspecified atom stereocenters. The summed E-state index contributed by atoms with van der Waals surface area (Å²) in [5.74, 6) is -0.750. The second-order valence-corrected chi connectivity index (χ2v) is 3.85. The fourth-order valence-corrected chi connectivity index (χ4v) is 1.64. The maximum atomic E-state index is 13.5. The van der Waals surface area contributed by atoms with Crippen molar-refractivity contribution < 1.29 is 17.6 Å². The Hall–Kier alpha value is -2.11. The minimum Gasteiger partial charge on any atom is -0.373 e. The molecule has 1 N–H and O–H groups in total. The topological polar surface area (TPSA) is 24.9 Å². The summed E-state index contributed by atoms with van der Waals surface area (Å²) in [7, 11) is 1.67. The minimum atomic E-state index is -4.69. The van der Waals surface area contributed by atoms with E-state index in [4.69, 9.17) is 0 Å². The Morgan fingerprint density at radius 1 is 1.11 bits per heavy atom. The van der Waals surface area contributed by atoms with Crippen molar-refractivity contribution in [3.63, 3.8) is 0 Å². The number of anilines is 1. The lowest BCUT2D eigenvalue weighted by atomic mass is 10.1. The van der Waals surface area contributed by atoms with Gasteiger partial charge < -0.3 is 5.32 Å². The van der Waals surface area contributed by atoms with Gasteiger partial charge in [0, 0.05) is 12.6 Å². The maximum Gasteiger partial charge on any atom is 0.419 e. The highest BCUT2D eigenvalue weighted by molar-refractivity contribution is 5.61. The van der Waals surface area contributed by atoms with Gasteiger partial charge in [0.05, 0.1) is 11.3 Å². The summed E-state index contributed by atoms with van der Waals surface area (Å²) in [5.41, 5.74) is -0.580. The van der Waals surface area contributed by atoms with E-state index in [1.165, 1.54) is 6.07 Å². The first-order valence-electron chi connectivity index (χ1n) is 5.44. The van der Waals surface area contributed by atoms with Crippen LogP contribution in [0, 0.1) is 5.82 Å². The third-order valence-corrected chi connectivity index (χ3v) is 2.58. The Balaban J connectivity index is 2.44. The van der Waals surface area contributed by atoms with Crippen molar-refractivity contribution in [3.05, 3.63) is 47.8 Å². The molecule has 19 heavy (non-hydrogen) atoms. The van der Waals surface area contributed by atoms with Crippen molar-refractivity contribution in [3.8, 4) is 11.3 Å². The third kappa shape index (κ3) is 2.83. The number of aromatic nitrogens is 1. The average molecular weight is 270 g/mol. The predicted octanol–water partition coefficient (Wildman–Crippen LogP) is 3.95. The third-order valence-electron chi connectivity index (χ3n) is 2.58. The van der Waals surface area contributed by atoms with E-state index in [-0.39, 0.29) is 0 Å². The van der Waals surface area contributed by atoms with Crippen LogP contribution in [0.2, 0.25) is 0 Å². The van der Waals surface area contributed by atoms with E-state index in [0.717, 1.165) is 12.1 Å². The van der Waals surface area contributed by atoms with Crippen LogP contribution in [0.15, 0.2) is 36.4 Å². The van der Waals surface area contributed by atoms with E-state index < -0.39 is 17.6 Å². The zero-order valence-corrected chi connectivity index (χ0v) is 9.92. The zero-order valence-electron chi connectivity index (χ0n) is 9.92. The van der Waals surface area contributed by atoms with Gasteiger partial charge in [-0.3, -0.25) is 0 Å². The Bertz CT molecular complexity index is 593. The minimum absolute atomic E-state index is 0.294. The van der Waals surface area contributed by atoms with Crippen molar-refractivity contribution in [1.82, 2.24) is 4.98 Å². The molecule has 2 nitrogen and oxygen atoms in total. The Labute approximate surface area is 107 Å². The van der Waals surface area contributed by atoms with E-state index in [0.29, 0.717) is 17.1 Å². The predicted molar refractivity (Wildman–Crippen MR) is 64.2 cm³/mol. The molecule has 1 aromatic carbocycles. The van der Waals surface area contributed by atoms with E-state index >= 15 is 0 Å². The van der Waals surface area contributed by atoms with Gasteiger partial charge in [-0.2, -0.15) is 13.2 Å². The molecule has 2 rings (SSSR count). The fourth-order valence-electron chi connectivity index (χ4n) is 1.64. The molecule has 0 aliphatic rings. The van der Waals surface area contributed by atoms with Gasteiger partial charge >= 0.3 is 6.18 Å². The molecule has 1 heterocycles. The lowest BCUT2D eigenvalue weighted by Crippen LogP contribution is -2.08. The van der Waals surface area contributed by atoms with Crippen molar-refractivity contribution in [2.24, 2.45) is 0 Å². The summed E-state index contributed by atoms with van der Waals surface area (Å²) in [6, 6.07) is 7.74. The van der Waals surface area contributed by atoms with Crippen molar-refractivity contribution in [2.75, 3.05) is 12.4 Å². The molecule has 0 atom stereocenters. The average Bonchev–Trinajstić information content (AvgIpc) is 2.37. The first kappa shape index (κ1) is 13.3. The lowest BCUT2D eigenvalue weighted by molar-refractivity contribution is -0.139. The smallest absolute Gasteiger partial charge is 0.373 e. The molecular weight excluding hydrogens is 260 g/mol. The van der Waals surface area contributed by atoms with Crippen LogP contribution in [0.25, 0.3) is 11.3 Å². The Morgan fingerprint density at radius 2 is 1.84 bits per heavy atom. The van der Waals surface area contributed by atoms with E-state index in [9.17, 15) is 17.6 Å². The Morgan fingerprint density at radius 3 is 2.42 bits per heavy atom. The molecule has 6 heteroatoms. The number of hydrogen-bond acceptors (Lipinski definition) is 2. The highest BCUT2D eigenvalue weighted by Gasteiger charge is 2.33. The quantitative estimate of drug-likeness (QED) is 0.836. The molecule has 0 bridgehead atoms. The first-order valence-corrected chi connectivity index (χ1v) is 5.44. The number of nitrogens with zero attached hydrogens (tertiary/aromatic N) is 1. The van der Waals surface area contributed by atoms with Gasteiger partial charge in [-0.25, -0.2) is 9.37 Å². The standard InChI is InChI=1S/C13H10F4N2/c1-18-12-4-2-3-11(19-12)8-5-6-9(10(14)7-8)13(15,16)17/h2-7H,1H3,(H,18,19). The van der Waals surface area contributed by atoms with Crippen LogP contribution < -0.4 is 5.32 Å². The summed E-state index contributed by atoms with van der Waals surface area (Å²) in [6.45, 7) is 0. The molecule has 0 spiro atoms. The monoisotopic (exact) mass is 270 g/mol. The van der Waals surface area contributed by atoms with Crippen LogP contribution in [-0.4, -0.2) is 12.0 Å². The molecule has 0 amide bonds. The fraction of sp³-hybridized carbons (Fsp3) is 0.154. The van der Waals surface area contributed by atoms with E-state index in [1.807, 2.05) is 0 Å². The van der Waals surface area contributed by atoms with Crippen molar-refractivity contribution in [2.45, 2.75) is 6.18 Å². The van der Waals surface area contributed by atoms with Gasteiger partial charge in [0.2, 0.25) is 0 Å². The largest absolute Gasteiger partial charge is 0.419 e. The highest BCUT2D eigenvalue weighted by atomic mass is 19.4. The highest BCUT2D eigenvalue weighted by Crippen LogP contribution is 2.33. The van der Waals surface area contributed by atoms with E-state index in [2.05, 4.69) is 10.3 Å². The number of alkyl halides is 3. The molecule has 0 aliphatic carbocycles. The zero-order chi connectivity index (χ0) is 14.0. The summed E-state index contributed by atoms with van der Waals surface area (Å²) >= 11 is 0. The van der Waals surface area contributed by atoms with Gasteiger partial charge in [0.15, 0.2) is 0 Å². The summed E-state index contributed by atoms with van der Waals surface area (Å²) < 4.78 is 50.8. The maximum absolute atomic E-state index is 13.5. The van der Waals surface area contributed by atoms with Crippen LogP contribution in [-0.2, 0) is 6.18 Å². The summed E-state index contributed by atoms with van der Waals surface area (Å²) in [5, 5.41) is 2.80. The van der Waals surface area contributed by atoms with Gasteiger partial charge in [0.1, 0.15) is 11.6 Å². The number of benzene rings is 1. The van der Waals surface area contributed by atoms with E-state index in [1.54, 1.807) is 25.2 Å². The SMILES string of the molecule is CNc1cccc(-c2ccc(C(F)(F)F)c(F)c2)n1. The van der Waals surface area contributed by atoms with Gasteiger partial charge in [-0.15, -0.1) is 0 Å². The number of nitrogens with one attached hydrogen (secondary N) is 1. The number of halogens is 4. The van der Waals surface area contributed by atoms with Crippen molar-refractivity contribution >= 4 is 5.82 Å². The molecule has 0 aliphatic heterocycles. The van der Waals surface area contributed by atoms with Crippen LogP contribution in [0.5, 0.6) is 0 Å². The number of rotatable bonds is 2. The normalized spacial score (nSPS) is 11.4. The summed E-state index contributed by atoms with van der Waals surface area (Å²) in [6.07, 6.45) is -4.69. The van der Waals surface area contributed by atoms with Gasteiger partial charge in [0.25, 0.3) is 0 Å². The second kappa shape index (κ2) is 4.87. The molecular formula is C13H10F4N2. The molecule has 0 fully saturated rings. The van der Waals surface area contributed by atoms with Crippen LogP contribution in [0.4, 0.5) is 23.4 Å². The molecule has 0 saturated carbocycles. The Kier molecular flexibility index (Phi) is 3.42. The second-order valence-electron chi connectivity index (χ2n) is 3.85. The first-order chi connectivity index (χ1) is 8.91. The summed E-state index contributed by atoms with van der Waals surface area (Å²) in [4.78, 5) is 4.14. The molecule has 2 aromatic rings. The number of pyridine rings is 1. The molecule has 1 aromatic heterocycles. The lowest BCUT2D eigenvalue weighted by Gasteiger charge is -2.09. The molecule has 0 radical (unpaired) electrons. The molecule has 100 valence electrons. The van der Waals surface area contributed by atoms with Crippen LogP contribution in [0.1, 0.15) is 5.56 Å². The van der Waals surface area contributed by atoms with Crippen molar-refractivity contribution in [1.29, 1.82) is 0 Å². The van der Waals surface area contributed by atoms with Crippen LogP contribution in [0.3, 0.4) is 0 Å². The number of hydrogen-bond donors (Lipinski definition) is 1. The molecule has 0 saturated heterocycles. The van der Waals surface area contributed by atoms with Crippen LogP contribution >= 0.6 is 0 Å². The van der Waals surface area contributed by atoms with Gasteiger partial charge in [-0.05, 0) is 24.3 Å². The van der Waals surface area contributed by atoms with Gasteiger partial charge in [-0.1, -0.05) is 12.1 Å².